The lowest BCUT2D eigenvalue weighted by atomic mass is 10.1. The van der Waals surface area contributed by atoms with Crippen molar-refractivity contribution in [2.24, 2.45) is 5.73 Å². The Labute approximate surface area is 211 Å². The van der Waals surface area contributed by atoms with E-state index in [2.05, 4.69) is 9.69 Å². The minimum atomic E-state index is -0.969. The third-order valence-corrected chi connectivity index (χ3v) is 7.61. The predicted octanol–water partition coefficient (Wildman–Crippen LogP) is 3.19. The second kappa shape index (κ2) is 10.5. The Morgan fingerprint density at radius 2 is 2.09 bits per heavy atom. The van der Waals surface area contributed by atoms with Crippen LogP contribution in [0.3, 0.4) is 0 Å². The molecule has 9 nitrogen and oxygen atoms in total. The number of benzene rings is 1. The van der Waals surface area contributed by atoms with Crippen molar-refractivity contribution in [2.75, 3.05) is 23.8 Å². The van der Waals surface area contributed by atoms with Gasteiger partial charge >= 0.3 is 0 Å². The Morgan fingerprint density at radius 1 is 1.29 bits per heavy atom. The van der Waals surface area contributed by atoms with Gasteiger partial charge in [0.2, 0.25) is 5.91 Å². The summed E-state index contributed by atoms with van der Waals surface area (Å²) in [5.74, 6) is -1.69. The smallest absolute Gasteiger partial charge is 0.273 e. The van der Waals surface area contributed by atoms with Crippen molar-refractivity contribution < 1.29 is 19.1 Å². The third-order valence-electron chi connectivity index (χ3n) is 5.83. The molecule has 0 bridgehead atoms. The molecule has 3 heterocycles. The quantitative estimate of drug-likeness (QED) is 0.422. The molecule has 1 fully saturated rings. The number of nitrogens with one attached hydrogen (secondary N) is 1. The van der Waals surface area contributed by atoms with E-state index in [9.17, 15) is 14.4 Å². The molecule has 2 unspecified atom stereocenters. The molecule has 2 atom stereocenters. The molecule has 184 valence electrons. The summed E-state index contributed by atoms with van der Waals surface area (Å²) in [6.45, 7) is 4.86. The summed E-state index contributed by atoms with van der Waals surface area (Å²) >= 11 is 2.16. The molecular formula is C24H27N5O4S2. The van der Waals surface area contributed by atoms with Crippen LogP contribution in [0.2, 0.25) is 0 Å². The van der Waals surface area contributed by atoms with Gasteiger partial charge in [0.25, 0.3) is 11.8 Å². The number of carbonyl (C=O) groups is 3. The minimum absolute atomic E-state index is 0.0484. The van der Waals surface area contributed by atoms with E-state index in [-0.39, 0.29) is 28.3 Å². The Kier molecular flexibility index (Phi) is 7.48. The lowest BCUT2D eigenvalue weighted by Gasteiger charge is -2.32. The van der Waals surface area contributed by atoms with Gasteiger partial charge in [-0.15, -0.1) is 11.3 Å². The van der Waals surface area contributed by atoms with Crippen molar-refractivity contribution in [3.63, 3.8) is 0 Å². The molecule has 0 spiro atoms. The molecule has 35 heavy (non-hydrogen) atoms. The van der Waals surface area contributed by atoms with Gasteiger partial charge < -0.3 is 21.5 Å². The first-order valence-corrected chi connectivity index (χ1v) is 12.8. The summed E-state index contributed by atoms with van der Waals surface area (Å²) in [7, 11) is 0. The van der Waals surface area contributed by atoms with Crippen LogP contribution in [0.25, 0.3) is 0 Å². The highest BCUT2D eigenvalue weighted by molar-refractivity contribution is 7.10. The van der Waals surface area contributed by atoms with Crippen LogP contribution in [0.15, 0.2) is 35.7 Å². The molecule has 0 saturated carbocycles. The monoisotopic (exact) mass is 513 g/mol. The number of ether oxygens (including phenoxy) is 1. The van der Waals surface area contributed by atoms with E-state index < -0.39 is 17.9 Å². The predicted molar refractivity (Wildman–Crippen MR) is 137 cm³/mol. The topological polar surface area (TPSA) is 141 Å². The zero-order valence-corrected chi connectivity index (χ0v) is 21.1. The number of thiophene rings is 1. The Hall–Kier alpha value is -3.28. The number of amides is 3. The van der Waals surface area contributed by atoms with Crippen LogP contribution < -0.4 is 21.7 Å². The van der Waals surface area contributed by atoms with Gasteiger partial charge in [0.15, 0.2) is 11.7 Å². The van der Waals surface area contributed by atoms with E-state index in [1.54, 1.807) is 0 Å². The third kappa shape index (κ3) is 5.21. The maximum absolute atomic E-state index is 14.0. The highest BCUT2D eigenvalue weighted by Crippen LogP contribution is 2.36. The highest BCUT2D eigenvalue weighted by atomic mass is 32.1. The van der Waals surface area contributed by atoms with Gasteiger partial charge in [-0.05, 0) is 61.3 Å². The summed E-state index contributed by atoms with van der Waals surface area (Å²) in [5.41, 5.74) is 13.6. The normalized spacial score (nSPS) is 16.1. The lowest BCUT2D eigenvalue weighted by molar-refractivity contribution is -0.122. The number of nitrogen functional groups attached to an aromatic ring is 1. The van der Waals surface area contributed by atoms with Crippen LogP contribution >= 0.6 is 22.9 Å². The number of hydrogen-bond donors (Lipinski definition) is 3. The fraction of sp³-hybridized carbons (Fsp3) is 0.333. The number of nitrogens with zero attached hydrogens (tertiary/aromatic N) is 2. The average molecular weight is 514 g/mol. The number of nitrogens with two attached hydrogens (primary N) is 2. The van der Waals surface area contributed by atoms with Gasteiger partial charge in [-0.2, -0.15) is 4.37 Å². The van der Waals surface area contributed by atoms with Crippen LogP contribution in [0.5, 0.6) is 0 Å². The standard InChI is InChI=1S/C24H27N5O4S2/c1-13-7-8-16(14(2)11-13)29(24(32)21-18(25)19(22(26)30)28-35-21)20(17-6-4-10-34-17)23(31)27-12-15-5-3-9-33-15/h4,6-8,10-11,15,20H,3,5,9,12,25H2,1-2H3,(H2,26,30)(H,27,31). The molecule has 0 radical (unpaired) electrons. The number of aryl methyl sites for hydroxylation is 2. The van der Waals surface area contributed by atoms with E-state index in [0.29, 0.717) is 23.7 Å². The molecule has 1 aliphatic rings. The van der Waals surface area contributed by atoms with E-state index in [0.717, 1.165) is 35.5 Å². The van der Waals surface area contributed by atoms with Crippen LogP contribution in [-0.4, -0.2) is 41.4 Å². The van der Waals surface area contributed by atoms with E-state index in [1.807, 2.05) is 49.6 Å². The SMILES string of the molecule is Cc1ccc(N(C(=O)c2snc(C(N)=O)c2N)C(C(=O)NCC2CCCO2)c2cccs2)c(C)c1. The van der Waals surface area contributed by atoms with Crippen molar-refractivity contribution in [3.05, 3.63) is 62.3 Å². The first kappa shape index (κ1) is 24.8. The van der Waals surface area contributed by atoms with E-state index in [4.69, 9.17) is 16.2 Å². The Morgan fingerprint density at radius 3 is 2.69 bits per heavy atom. The Balaban J connectivity index is 1.79. The first-order valence-electron chi connectivity index (χ1n) is 11.2. The number of anilines is 2. The zero-order chi connectivity index (χ0) is 25.1. The first-order chi connectivity index (χ1) is 16.8. The van der Waals surface area contributed by atoms with E-state index >= 15 is 0 Å². The second-order valence-corrected chi connectivity index (χ2v) is 10.2. The van der Waals surface area contributed by atoms with Gasteiger partial charge in [-0.1, -0.05) is 23.8 Å². The van der Waals surface area contributed by atoms with Gasteiger partial charge in [0.1, 0.15) is 4.88 Å². The Bertz CT molecular complexity index is 1230. The second-order valence-electron chi connectivity index (χ2n) is 8.40. The average Bonchev–Trinajstić information content (AvgIpc) is 3.58. The van der Waals surface area contributed by atoms with Crippen molar-refractivity contribution in [2.45, 2.75) is 38.8 Å². The molecule has 1 saturated heterocycles. The van der Waals surface area contributed by atoms with Crippen molar-refractivity contribution in [3.8, 4) is 0 Å². The summed E-state index contributed by atoms with van der Waals surface area (Å²) in [6, 6.07) is 8.30. The molecular weight excluding hydrogens is 486 g/mol. The maximum Gasteiger partial charge on any atom is 0.273 e. The minimum Gasteiger partial charge on any atom is -0.395 e. The maximum atomic E-state index is 14.0. The zero-order valence-electron chi connectivity index (χ0n) is 19.4. The van der Waals surface area contributed by atoms with E-state index in [1.165, 1.54) is 16.2 Å². The summed E-state index contributed by atoms with van der Waals surface area (Å²) in [6.07, 6.45) is 1.77. The molecule has 3 aromatic rings. The molecule has 5 N–H and O–H groups in total. The van der Waals surface area contributed by atoms with Crippen molar-refractivity contribution in [1.29, 1.82) is 0 Å². The number of carbonyl (C=O) groups excluding carboxylic acids is 3. The van der Waals surface area contributed by atoms with Gasteiger partial charge in [-0.3, -0.25) is 19.3 Å². The fourth-order valence-corrected chi connectivity index (χ4v) is 5.67. The lowest BCUT2D eigenvalue weighted by Crippen LogP contribution is -2.45. The highest BCUT2D eigenvalue weighted by Gasteiger charge is 2.37. The van der Waals surface area contributed by atoms with Gasteiger partial charge in [-0.25, -0.2) is 0 Å². The summed E-state index contributed by atoms with van der Waals surface area (Å²) < 4.78 is 9.63. The molecule has 4 rings (SSSR count). The van der Waals surface area contributed by atoms with Gasteiger partial charge in [0.05, 0.1) is 11.8 Å². The summed E-state index contributed by atoms with van der Waals surface area (Å²) in [4.78, 5) is 41.5. The fourth-order valence-electron chi connectivity index (χ4n) is 4.12. The largest absolute Gasteiger partial charge is 0.395 e. The van der Waals surface area contributed by atoms with Gasteiger partial charge in [0, 0.05) is 23.7 Å². The van der Waals surface area contributed by atoms with Crippen LogP contribution in [0, 0.1) is 13.8 Å². The molecule has 11 heteroatoms. The van der Waals surface area contributed by atoms with Crippen molar-refractivity contribution >= 4 is 52.0 Å². The number of hydrogen-bond acceptors (Lipinski definition) is 8. The molecule has 0 aliphatic carbocycles. The van der Waals surface area contributed by atoms with Crippen LogP contribution in [0.1, 0.15) is 55.0 Å². The molecule has 3 amide bonds. The molecule has 1 aliphatic heterocycles. The van der Waals surface area contributed by atoms with Crippen LogP contribution in [-0.2, 0) is 9.53 Å². The number of primary amides is 1. The number of rotatable bonds is 8. The molecule has 2 aromatic heterocycles. The van der Waals surface area contributed by atoms with Crippen LogP contribution in [0.4, 0.5) is 11.4 Å². The summed E-state index contributed by atoms with van der Waals surface area (Å²) in [5, 5.41) is 4.82. The number of aromatic nitrogens is 1. The van der Waals surface area contributed by atoms with Crippen molar-refractivity contribution in [1.82, 2.24) is 9.69 Å². The molecule has 1 aromatic carbocycles.